The van der Waals surface area contributed by atoms with Crippen molar-refractivity contribution in [2.24, 2.45) is 5.73 Å². The maximum atomic E-state index is 15.2. The molecule has 0 amide bonds. The van der Waals surface area contributed by atoms with Crippen molar-refractivity contribution in [3.63, 3.8) is 0 Å². The molecule has 1 aliphatic heterocycles. The first-order valence-corrected chi connectivity index (χ1v) is 10.0. The molecule has 1 aliphatic carbocycles. The summed E-state index contributed by atoms with van der Waals surface area (Å²) in [5.41, 5.74) is 5.79. The maximum Gasteiger partial charge on any atom is 0.343 e. The lowest BCUT2D eigenvalue weighted by Crippen LogP contribution is -2.37. The molecular formula is C21H24FN3O4. The van der Waals surface area contributed by atoms with Gasteiger partial charge in [0.1, 0.15) is 11.4 Å². The van der Waals surface area contributed by atoms with E-state index in [9.17, 15) is 14.4 Å². The molecule has 2 aromatic rings. The van der Waals surface area contributed by atoms with Crippen LogP contribution in [0.4, 0.5) is 10.1 Å². The third-order valence-corrected chi connectivity index (χ3v) is 5.77. The average molecular weight is 401 g/mol. The standard InChI is InChI=1S/C21H24FN3O4/c1-2-29-21(28)15-10-25(12-5-6-12)18-14(20(15)27)8-17(22)19(16(18)11-26)24-7-3-4-13(24)9-23/h8,10-13H,2-7,9,23H2,1H3. The van der Waals surface area contributed by atoms with E-state index in [1.165, 1.54) is 6.20 Å². The van der Waals surface area contributed by atoms with E-state index >= 15 is 4.39 Å². The number of rotatable bonds is 6. The smallest absolute Gasteiger partial charge is 0.343 e. The van der Waals surface area contributed by atoms with Gasteiger partial charge < -0.3 is 19.9 Å². The van der Waals surface area contributed by atoms with E-state index in [0.717, 1.165) is 31.7 Å². The molecular weight excluding hydrogens is 377 g/mol. The number of benzene rings is 1. The first kappa shape index (κ1) is 19.6. The minimum Gasteiger partial charge on any atom is -0.462 e. The van der Waals surface area contributed by atoms with E-state index in [-0.39, 0.29) is 40.9 Å². The van der Waals surface area contributed by atoms with E-state index in [2.05, 4.69) is 0 Å². The number of hydrogen-bond donors (Lipinski definition) is 1. The monoisotopic (exact) mass is 401 g/mol. The highest BCUT2D eigenvalue weighted by atomic mass is 19.1. The first-order valence-electron chi connectivity index (χ1n) is 10.0. The number of nitrogens with two attached hydrogens (primary N) is 1. The Morgan fingerprint density at radius 2 is 2.14 bits per heavy atom. The van der Waals surface area contributed by atoms with Crippen molar-refractivity contribution < 1.29 is 18.7 Å². The summed E-state index contributed by atoms with van der Waals surface area (Å²) in [6.07, 6.45) is 5.47. The van der Waals surface area contributed by atoms with Crippen LogP contribution in [-0.4, -0.2) is 42.6 Å². The zero-order valence-electron chi connectivity index (χ0n) is 16.3. The largest absolute Gasteiger partial charge is 0.462 e. The second-order valence-corrected chi connectivity index (χ2v) is 7.59. The summed E-state index contributed by atoms with van der Waals surface area (Å²) in [4.78, 5) is 39.2. The summed E-state index contributed by atoms with van der Waals surface area (Å²) in [5.74, 6) is -1.39. The van der Waals surface area contributed by atoms with E-state index < -0.39 is 17.2 Å². The molecule has 2 heterocycles. The summed E-state index contributed by atoms with van der Waals surface area (Å²) in [7, 11) is 0. The number of carbonyl (C=O) groups excluding carboxylic acids is 2. The molecule has 7 nitrogen and oxygen atoms in total. The van der Waals surface area contributed by atoms with Crippen LogP contribution in [0.2, 0.25) is 0 Å². The minimum atomic E-state index is -0.742. The molecule has 8 heteroatoms. The van der Waals surface area contributed by atoms with Gasteiger partial charge in [-0.2, -0.15) is 0 Å². The molecule has 154 valence electrons. The molecule has 0 bridgehead atoms. The number of halogens is 1. The molecule has 1 saturated heterocycles. The highest BCUT2D eigenvalue weighted by Gasteiger charge is 2.33. The third kappa shape index (κ3) is 3.21. The Hall–Kier alpha value is -2.74. The van der Waals surface area contributed by atoms with Gasteiger partial charge in [0.25, 0.3) is 0 Å². The second kappa shape index (κ2) is 7.59. The maximum absolute atomic E-state index is 15.2. The molecule has 1 atom stereocenters. The normalized spacial score (nSPS) is 19.0. The van der Waals surface area contributed by atoms with Crippen LogP contribution in [0.1, 0.15) is 59.4 Å². The second-order valence-electron chi connectivity index (χ2n) is 7.59. The zero-order valence-corrected chi connectivity index (χ0v) is 16.3. The minimum absolute atomic E-state index is 0.0225. The number of carbonyl (C=O) groups is 2. The van der Waals surface area contributed by atoms with Gasteiger partial charge in [-0.25, -0.2) is 9.18 Å². The van der Waals surface area contributed by atoms with Gasteiger partial charge >= 0.3 is 5.97 Å². The van der Waals surface area contributed by atoms with Crippen molar-refractivity contribution in [1.82, 2.24) is 4.57 Å². The van der Waals surface area contributed by atoms with Crippen molar-refractivity contribution in [2.75, 3.05) is 24.6 Å². The van der Waals surface area contributed by atoms with E-state index in [1.807, 2.05) is 4.90 Å². The number of anilines is 1. The topological polar surface area (TPSA) is 94.6 Å². The lowest BCUT2D eigenvalue weighted by atomic mass is 10.0. The summed E-state index contributed by atoms with van der Waals surface area (Å²) in [5, 5.41) is 0.0225. The van der Waals surface area contributed by atoms with Gasteiger partial charge in [0.15, 0.2) is 6.29 Å². The van der Waals surface area contributed by atoms with E-state index in [4.69, 9.17) is 10.5 Å². The Labute approximate surface area is 167 Å². The molecule has 2 aliphatic rings. The van der Waals surface area contributed by atoms with Gasteiger partial charge in [-0.15, -0.1) is 0 Å². The van der Waals surface area contributed by atoms with Gasteiger partial charge in [0.2, 0.25) is 5.43 Å². The number of pyridine rings is 1. The SMILES string of the molecule is CCOC(=O)c1cn(C2CC2)c2c(C=O)c(N3CCCC3CN)c(F)cc2c1=O. The van der Waals surface area contributed by atoms with Crippen molar-refractivity contribution in [3.05, 3.63) is 39.4 Å². The van der Waals surface area contributed by atoms with Crippen LogP contribution in [0.15, 0.2) is 17.1 Å². The molecule has 0 spiro atoms. The number of aldehydes is 1. The van der Waals surface area contributed by atoms with Crippen LogP contribution in [-0.2, 0) is 4.74 Å². The van der Waals surface area contributed by atoms with Crippen LogP contribution in [0, 0.1) is 5.82 Å². The van der Waals surface area contributed by atoms with Crippen molar-refractivity contribution in [2.45, 2.75) is 44.7 Å². The van der Waals surface area contributed by atoms with Crippen LogP contribution in [0.3, 0.4) is 0 Å². The Balaban J connectivity index is 2.03. The Bertz CT molecular complexity index is 1040. The van der Waals surface area contributed by atoms with Crippen molar-refractivity contribution >= 4 is 28.8 Å². The summed E-state index contributed by atoms with van der Waals surface area (Å²) >= 11 is 0. The third-order valence-electron chi connectivity index (χ3n) is 5.77. The lowest BCUT2D eigenvalue weighted by molar-refractivity contribution is 0.0524. The fraction of sp³-hybridized carbons (Fsp3) is 0.476. The summed E-state index contributed by atoms with van der Waals surface area (Å²) in [6.45, 7) is 2.73. The quantitative estimate of drug-likeness (QED) is 0.590. The number of hydrogen-bond acceptors (Lipinski definition) is 6. The van der Waals surface area contributed by atoms with Gasteiger partial charge in [-0.3, -0.25) is 9.59 Å². The molecule has 1 saturated carbocycles. The van der Waals surface area contributed by atoms with E-state index in [0.29, 0.717) is 24.9 Å². The number of fused-ring (bicyclic) bond motifs is 1. The number of ether oxygens (including phenoxy) is 1. The lowest BCUT2D eigenvalue weighted by Gasteiger charge is -2.28. The van der Waals surface area contributed by atoms with Crippen LogP contribution < -0.4 is 16.1 Å². The van der Waals surface area contributed by atoms with Gasteiger partial charge in [0, 0.05) is 31.4 Å². The predicted octanol–water partition coefficient (Wildman–Crippen LogP) is 2.39. The molecule has 0 radical (unpaired) electrons. The van der Waals surface area contributed by atoms with Crippen molar-refractivity contribution in [3.8, 4) is 0 Å². The van der Waals surface area contributed by atoms with Gasteiger partial charge in [0.05, 0.1) is 28.8 Å². The molecule has 2 fully saturated rings. The molecule has 4 rings (SSSR count). The van der Waals surface area contributed by atoms with Crippen LogP contribution in [0.5, 0.6) is 0 Å². The van der Waals surface area contributed by atoms with E-state index in [1.54, 1.807) is 11.5 Å². The summed E-state index contributed by atoms with van der Waals surface area (Å²) in [6, 6.07) is 1.15. The van der Waals surface area contributed by atoms with Crippen LogP contribution >= 0.6 is 0 Å². The van der Waals surface area contributed by atoms with Crippen molar-refractivity contribution in [1.29, 1.82) is 0 Å². The Kier molecular flexibility index (Phi) is 5.12. The number of esters is 1. The highest BCUT2D eigenvalue weighted by Crippen LogP contribution is 2.40. The summed E-state index contributed by atoms with van der Waals surface area (Å²) < 4.78 is 22.0. The molecule has 29 heavy (non-hydrogen) atoms. The predicted molar refractivity (Wildman–Crippen MR) is 107 cm³/mol. The molecule has 1 aromatic heterocycles. The highest BCUT2D eigenvalue weighted by molar-refractivity contribution is 6.04. The first-order chi connectivity index (χ1) is 14.0. The average Bonchev–Trinajstić information content (AvgIpc) is 3.45. The molecule has 1 unspecified atom stereocenters. The van der Waals surface area contributed by atoms with Gasteiger partial charge in [-0.1, -0.05) is 0 Å². The van der Waals surface area contributed by atoms with Gasteiger partial charge in [-0.05, 0) is 38.7 Å². The fourth-order valence-electron chi connectivity index (χ4n) is 4.28. The Morgan fingerprint density at radius 1 is 1.38 bits per heavy atom. The number of nitrogens with zero attached hydrogens (tertiary/aromatic N) is 2. The molecule has 2 N–H and O–H groups in total. The zero-order chi connectivity index (χ0) is 20.7. The van der Waals surface area contributed by atoms with Crippen LogP contribution in [0.25, 0.3) is 10.9 Å². The fourth-order valence-corrected chi connectivity index (χ4v) is 4.28. The molecule has 1 aromatic carbocycles. The Morgan fingerprint density at radius 3 is 2.76 bits per heavy atom. The number of aromatic nitrogens is 1.